The summed E-state index contributed by atoms with van der Waals surface area (Å²) in [6.07, 6.45) is 11.0. The van der Waals surface area contributed by atoms with E-state index in [4.69, 9.17) is 4.74 Å². The summed E-state index contributed by atoms with van der Waals surface area (Å²) in [7, 11) is 0. The summed E-state index contributed by atoms with van der Waals surface area (Å²) in [5.41, 5.74) is 0. The topological polar surface area (TPSA) is 24.5 Å². The fraction of sp³-hybridized carbons (Fsp3) is 0.857. The highest BCUT2D eigenvalue weighted by Gasteiger charge is 2.34. The molecule has 0 bridgehead atoms. The molecule has 0 aromatic carbocycles. The van der Waals surface area contributed by atoms with Gasteiger partial charge in [-0.1, -0.05) is 0 Å². The van der Waals surface area contributed by atoms with Crippen LogP contribution in [0.2, 0.25) is 0 Å². The van der Waals surface area contributed by atoms with Gasteiger partial charge in [0.05, 0.1) is 6.26 Å². The van der Waals surface area contributed by atoms with Crippen LogP contribution in [0.1, 0.15) is 32.1 Å². The molecule has 2 aliphatic heterocycles. The van der Waals surface area contributed by atoms with Gasteiger partial charge in [0.15, 0.2) is 0 Å². The van der Waals surface area contributed by atoms with Crippen LogP contribution < -0.4 is 5.32 Å². The summed E-state index contributed by atoms with van der Waals surface area (Å²) in [5.74, 6) is 0.870. The van der Waals surface area contributed by atoms with Gasteiger partial charge in [0.2, 0.25) is 0 Å². The molecular weight excluding hydrogens is 212 g/mol. The third kappa shape index (κ3) is 3.23. The molecule has 0 spiro atoms. The van der Waals surface area contributed by atoms with Gasteiger partial charge < -0.3 is 15.0 Å². The summed E-state index contributed by atoms with van der Waals surface area (Å²) in [5, 5.41) is 3.59. The van der Waals surface area contributed by atoms with Crippen molar-refractivity contribution in [3.8, 4) is 0 Å². The lowest BCUT2D eigenvalue weighted by molar-refractivity contribution is 0.121. The monoisotopic (exact) mass is 236 g/mol. The minimum absolute atomic E-state index is 0.404. The van der Waals surface area contributed by atoms with Crippen molar-refractivity contribution in [1.82, 2.24) is 10.2 Å². The fourth-order valence-electron chi connectivity index (χ4n) is 2.98. The second-order valence-electron chi connectivity index (χ2n) is 5.75. The van der Waals surface area contributed by atoms with Crippen molar-refractivity contribution in [3.63, 3.8) is 0 Å². The molecule has 2 unspecified atom stereocenters. The van der Waals surface area contributed by atoms with E-state index in [9.17, 15) is 0 Å². The maximum Gasteiger partial charge on any atom is 0.110 e. The van der Waals surface area contributed by atoms with Gasteiger partial charge >= 0.3 is 0 Å². The van der Waals surface area contributed by atoms with E-state index < -0.39 is 0 Å². The van der Waals surface area contributed by atoms with Gasteiger partial charge in [-0.05, 0) is 57.2 Å². The molecule has 2 atom stereocenters. The Bertz CT molecular complexity index is 275. The third-order valence-electron chi connectivity index (χ3n) is 4.21. The highest BCUT2D eigenvalue weighted by atomic mass is 16.5. The molecule has 0 amide bonds. The Hall–Kier alpha value is -0.540. The molecule has 1 saturated heterocycles. The van der Waals surface area contributed by atoms with Crippen molar-refractivity contribution in [1.29, 1.82) is 0 Å². The maximum atomic E-state index is 5.56. The Kier molecular flexibility index (Phi) is 3.67. The molecule has 0 aromatic rings. The van der Waals surface area contributed by atoms with Gasteiger partial charge in [0.25, 0.3) is 0 Å². The molecule has 2 heterocycles. The smallest absolute Gasteiger partial charge is 0.110 e. The van der Waals surface area contributed by atoms with Crippen molar-refractivity contribution >= 4 is 0 Å². The van der Waals surface area contributed by atoms with Crippen LogP contribution in [0.15, 0.2) is 12.3 Å². The van der Waals surface area contributed by atoms with Gasteiger partial charge in [0, 0.05) is 19.1 Å². The molecule has 3 heteroatoms. The van der Waals surface area contributed by atoms with Gasteiger partial charge in [0.1, 0.15) is 6.10 Å². The lowest BCUT2D eigenvalue weighted by Gasteiger charge is -2.21. The van der Waals surface area contributed by atoms with Crippen LogP contribution in [0, 0.1) is 5.92 Å². The normalized spacial score (nSPS) is 33.9. The van der Waals surface area contributed by atoms with Gasteiger partial charge in [-0.2, -0.15) is 0 Å². The average molecular weight is 236 g/mol. The van der Waals surface area contributed by atoms with Gasteiger partial charge in [-0.3, -0.25) is 0 Å². The Balaban J connectivity index is 1.30. The predicted octanol–water partition coefficient (Wildman–Crippen LogP) is 1.75. The van der Waals surface area contributed by atoms with Crippen molar-refractivity contribution < 1.29 is 4.74 Å². The Labute approximate surface area is 104 Å². The van der Waals surface area contributed by atoms with Crippen molar-refractivity contribution in [3.05, 3.63) is 12.3 Å². The summed E-state index contributed by atoms with van der Waals surface area (Å²) in [6, 6.07) is 0.951. The van der Waals surface area contributed by atoms with E-state index in [2.05, 4.69) is 16.3 Å². The van der Waals surface area contributed by atoms with Crippen LogP contribution in [0.3, 0.4) is 0 Å². The molecule has 0 aromatic heterocycles. The molecular formula is C14H24N2O. The van der Waals surface area contributed by atoms with E-state index in [1.165, 1.54) is 51.7 Å². The zero-order valence-electron chi connectivity index (χ0n) is 10.6. The lowest BCUT2D eigenvalue weighted by Crippen LogP contribution is -2.33. The molecule has 96 valence electrons. The molecule has 3 rings (SSSR count). The molecule has 1 N–H and O–H groups in total. The SMILES string of the molecule is C1=COC(CNCC2CCN(C3CC3)C2)CC1. The molecule has 1 aliphatic carbocycles. The molecule has 3 aliphatic rings. The van der Waals surface area contributed by atoms with E-state index >= 15 is 0 Å². The Morgan fingerprint density at radius 2 is 2.12 bits per heavy atom. The zero-order valence-corrected chi connectivity index (χ0v) is 10.6. The van der Waals surface area contributed by atoms with Crippen LogP contribution in [-0.4, -0.2) is 43.2 Å². The molecule has 0 radical (unpaired) electrons. The molecule has 1 saturated carbocycles. The first kappa shape index (κ1) is 11.5. The van der Waals surface area contributed by atoms with Crippen molar-refractivity contribution in [2.24, 2.45) is 5.92 Å². The second kappa shape index (κ2) is 5.40. The molecule has 17 heavy (non-hydrogen) atoms. The molecule has 2 fully saturated rings. The minimum atomic E-state index is 0.404. The standard InChI is InChI=1S/C14H24N2O/c1-2-8-17-14(3-1)10-15-9-12-6-7-16(11-12)13-4-5-13/h2,8,12-15H,1,3-7,9-11H2. The van der Waals surface area contributed by atoms with Crippen LogP contribution in [0.5, 0.6) is 0 Å². The summed E-state index contributed by atoms with van der Waals surface area (Å²) >= 11 is 0. The first-order chi connectivity index (χ1) is 8.42. The largest absolute Gasteiger partial charge is 0.497 e. The van der Waals surface area contributed by atoms with Crippen molar-refractivity contribution in [2.75, 3.05) is 26.2 Å². The number of likely N-dealkylation sites (tertiary alicyclic amines) is 1. The summed E-state index contributed by atoms with van der Waals surface area (Å²) in [4.78, 5) is 2.69. The van der Waals surface area contributed by atoms with E-state index in [0.717, 1.165) is 18.5 Å². The van der Waals surface area contributed by atoms with Crippen LogP contribution in [0.4, 0.5) is 0 Å². The summed E-state index contributed by atoms with van der Waals surface area (Å²) in [6.45, 7) is 4.85. The zero-order chi connectivity index (χ0) is 11.5. The first-order valence-electron chi connectivity index (χ1n) is 7.17. The Morgan fingerprint density at radius 1 is 1.18 bits per heavy atom. The lowest BCUT2D eigenvalue weighted by atomic mass is 10.1. The maximum absolute atomic E-state index is 5.56. The average Bonchev–Trinajstić information content (AvgIpc) is 3.11. The fourth-order valence-corrected chi connectivity index (χ4v) is 2.98. The van der Waals surface area contributed by atoms with Crippen molar-refractivity contribution in [2.45, 2.75) is 44.2 Å². The predicted molar refractivity (Wildman–Crippen MR) is 68.8 cm³/mol. The van der Waals surface area contributed by atoms with Gasteiger partial charge in [-0.15, -0.1) is 0 Å². The second-order valence-corrected chi connectivity index (χ2v) is 5.75. The number of hydrogen-bond acceptors (Lipinski definition) is 3. The highest BCUT2D eigenvalue weighted by molar-refractivity contribution is 4.90. The minimum Gasteiger partial charge on any atom is -0.497 e. The number of ether oxygens (including phenoxy) is 1. The van der Waals surface area contributed by atoms with E-state index in [0.29, 0.717) is 6.10 Å². The van der Waals surface area contributed by atoms with Crippen LogP contribution in [-0.2, 0) is 4.74 Å². The first-order valence-corrected chi connectivity index (χ1v) is 7.17. The number of nitrogens with one attached hydrogen (secondary N) is 1. The van der Waals surface area contributed by atoms with Gasteiger partial charge in [-0.25, -0.2) is 0 Å². The van der Waals surface area contributed by atoms with Crippen LogP contribution in [0.25, 0.3) is 0 Å². The number of nitrogens with zero attached hydrogens (tertiary/aromatic N) is 1. The summed E-state index contributed by atoms with van der Waals surface area (Å²) < 4.78 is 5.56. The van der Waals surface area contributed by atoms with Crippen LogP contribution >= 0.6 is 0 Å². The Morgan fingerprint density at radius 3 is 2.88 bits per heavy atom. The number of hydrogen-bond donors (Lipinski definition) is 1. The highest BCUT2D eigenvalue weighted by Crippen LogP contribution is 2.31. The van der Waals surface area contributed by atoms with E-state index in [1.54, 1.807) is 0 Å². The number of allylic oxidation sites excluding steroid dienone is 1. The molecule has 3 nitrogen and oxygen atoms in total. The van der Waals surface area contributed by atoms with E-state index in [1.807, 2.05) is 6.26 Å². The van der Waals surface area contributed by atoms with E-state index in [-0.39, 0.29) is 0 Å². The number of rotatable bonds is 5. The third-order valence-corrected chi connectivity index (χ3v) is 4.21. The quantitative estimate of drug-likeness (QED) is 0.787.